The quantitative estimate of drug-likeness (QED) is 0.398. The van der Waals surface area contributed by atoms with E-state index in [0.29, 0.717) is 0 Å². The summed E-state index contributed by atoms with van der Waals surface area (Å²) in [6.07, 6.45) is 3.37. The molecule has 4 aromatic rings. The first-order valence-corrected chi connectivity index (χ1v) is 8.09. The Morgan fingerprint density at radius 3 is 2.30 bits per heavy atom. The van der Waals surface area contributed by atoms with Gasteiger partial charge in [0.25, 0.3) is 0 Å². The Balaban J connectivity index is 1.79. The molecular formula is C23H16. The summed E-state index contributed by atoms with van der Waals surface area (Å²) < 4.78 is 0. The lowest BCUT2D eigenvalue weighted by molar-refractivity contribution is 1.31. The van der Waals surface area contributed by atoms with Crippen LogP contribution in [0.3, 0.4) is 0 Å². The van der Waals surface area contributed by atoms with E-state index in [4.69, 9.17) is 0 Å². The third kappa shape index (κ3) is 1.92. The molecule has 0 atom stereocenters. The van der Waals surface area contributed by atoms with Gasteiger partial charge in [0, 0.05) is 0 Å². The van der Waals surface area contributed by atoms with Crippen LogP contribution in [0, 0.1) is 0 Å². The molecule has 0 fully saturated rings. The number of benzene rings is 4. The van der Waals surface area contributed by atoms with E-state index in [2.05, 4.69) is 84.9 Å². The van der Waals surface area contributed by atoms with E-state index < -0.39 is 0 Å². The molecule has 0 saturated heterocycles. The van der Waals surface area contributed by atoms with Crippen LogP contribution in [0.2, 0.25) is 0 Å². The summed E-state index contributed by atoms with van der Waals surface area (Å²) in [5.41, 5.74) is 5.54. The van der Waals surface area contributed by atoms with E-state index in [0.717, 1.165) is 6.42 Å². The third-order valence-electron chi connectivity index (χ3n) is 4.87. The second-order valence-corrected chi connectivity index (χ2v) is 6.24. The summed E-state index contributed by atoms with van der Waals surface area (Å²) in [5.74, 6) is 0. The van der Waals surface area contributed by atoms with Crippen molar-refractivity contribution < 1.29 is 0 Å². The molecule has 0 unspecified atom stereocenters. The lowest BCUT2D eigenvalue weighted by Crippen LogP contribution is -1.99. The maximum absolute atomic E-state index is 2.37. The second-order valence-electron chi connectivity index (χ2n) is 6.24. The largest absolute Gasteiger partial charge is 0.0616 e. The molecule has 4 aromatic carbocycles. The Morgan fingerprint density at radius 1 is 0.609 bits per heavy atom. The third-order valence-corrected chi connectivity index (χ3v) is 4.87. The molecule has 23 heavy (non-hydrogen) atoms. The first-order chi connectivity index (χ1) is 11.4. The molecule has 0 N–H and O–H groups in total. The lowest BCUT2D eigenvalue weighted by atomic mass is 9.85. The van der Waals surface area contributed by atoms with Crippen LogP contribution in [0.5, 0.6) is 0 Å². The van der Waals surface area contributed by atoms with Gasteiger partial charge >= 0.3 is 0 Å². The minimum Gasteiger partial charge on any atom is -0.0616 e. The van der Waals surface area contributed by atoms with Gasteiger partial charge in [-0.15, -0.1) is 0 Å². The fourth-order valence-corrected chi connectivity index (χ4v) is 3.84. The number of allylic oxidation sites excluding steroid dienone is 1. The highest BCUT2D eigenvalue weighted by Gasteiger charge is 2.15. The van der Waals surface area contributed by atoms with Crippen LogP contribution in [-0.2, 0) is 6.42 Å². The Labute approximate surface area is 135 Å². The Kier molecular flexibility index (Phi) is 2.65. The SMILES string of the molecule is C1=C(c2cccc3ccccc23)Cc2cccc3cccc1c23. The Hall–Kier alpha value is -2.86. The summed E-state index contributed by atoms with van der Waals surface area (Å²) in [4.78, 5) is 0. The molecule has 0 heterocycles. The summed E-state index contributed by atoms with van der Waals surface area (Å²) in [5, 5.41) is 5.41. The zero-order chi connectivity index (χ0) is 15.2. The molecule has 0 spiro atoms. The normalized spacial score (nSPS) is 13.3. The average molecular weight is 292 g/mol. The van der Waals surface area contributed by atoms with E-state index in [1.54, 1.807) is 0 Å². The van der Waals surface area contributed by atoms with Gasteiger partial charge in [-0.25, -0.2) is 0 Å². The van der Waals surface area contributed by atoms with Crippen molar-refractivity contribution in [3.05, 3.63) is 95.6 Å². The monoisotopic (exact) mass is 292 g/mol. The zero-order valence-corrected chi connectivity index (χ0v) is 12.8. The highest BCUT2D eigenvalue weighted by Crippen LogP contribution is 2.37. The fourth-order valence-electron chi connectivity index (χ4n) is 3.84. The van der Waals surface area contributed by atoms with E-state index in [-0.39, 0.29) is 0 Å². The van der Waals surface area contributed by atoms with Gasteiger partial charge in [0.2, 0.25) is 0 Å². The van der Waals surface area contributed by atoms with Crippen LogP contribution in [-0.4, -0.2) is 0 Å². The number of fused-ring (bicyclic) bond motifs is 1. The van der Waals surface area contributed by atoms with Crippen molar-refractivity contribution in [3.63, 3.8) is 0 Å². The average Bonchev–Trinajstić information content (AvgIpc) is 2.61. The highest BCUT2D eigenvalue weighted by molar-refractivity contribution is 6.05. The summed E-state index contributed by atoms with van der Waals surface area (Å²) in [6.45, 7) is 0. The van der Waals surface area contributed by atoms with Crippen molar-refractivity contribution in [2.75, 3.05) is 0 Å². The van der Waals surface area contributed by atoms with Crippen molar-refractivity contribution in [2.24, 2.45) is 0 Å². The fraction of sp³-hybridized carbons (Fsp3) is 0.0435. The van der Waals surface area contributed by atoms with Gasteiger partial charge in [0.05, 0.1) is 0 Å². The Bertz CT molecular complexity index is 1070. The second kappa shape index (κ2) is 4.82. The van der Waals surface area contributed by atoms with Gasteiger partial charge in [-0.3, -0.25) is 0 Å². The van der Waals surface area contributed by atoms with Crippen molar-refractivity contribution in [1.29, 1.82) is 0 Å². The number of hydrogen-bond donors (Lipinski definition) is 0. The van der Waals surface area contributed by atoms with E-state index >= 15 is 0 Å². The smallest absolute Gasteiger partial charge is 0.00130 e. The van der Waals surface area contributed by atoms with Crippen molar-refractivity contribution in [1.82, 2.24) is 0 Å². The first-order valence-electron chi connectivity index (χ1n) is 8.09. The van der Waals surface area contributed by atoms with Gasteiger partial charge in [0.15, 0.2) is 0 Å². The van der Waals surface area contributed by atoms with Crippen LogP contribution in [0.15, 0.2) is 78.9 Å². The van der Waals surface area contributed by atoms with Gasteiger partial charge in [-0.1, -0.05) is 84.9 Å². The maximum Gasteiger partial charge on any atom is -0.00130 e. The predicted molar refractivity (Wildman–Crippen MR) is 99.5 cm³/mol. The van der Waals surface area contributed by atoms with Crippen LogP contribution < -0.4 is 0 Å². The van der Waals surface area contributed by atoms with Gasteiger partial charge in [-0.2, -0.15) is 0 Å². The van der Waals surface area contributed by atoms with E-state index in [1.807, 2.05) is 0 Å². The minimum atomic E-state index is 1.00. The highest BCUT2D eigenvalue weighted by atomic mass is 14.2. The van der Waals surface area contributed by atoms with Crippen molar-refractivity contribution in [3.8, 4) is 0 Å². The summed E-state index contributed by atoms with van der Waals surface area (Å²) >= 11 is 0. The predicted octanol–water partition coefficient (Wildman–Crippen LogP) is 6.09. The van der Waals surface area contributed by atoms with E-state index in [1.165, 1.54) is 43.8 Å². The standard InChI is InChI=1S/C23H16/c1-2-12-21-16(6-1)7-5-13-22(21)20-14-18-10-3-8-17-9-4-11-19(15-20)23(17)18/h1-14H,15H2. The van der Waals surface area contributed by atoms with Crippen LogP contribution in [0.4, 0.5) is 0 Å². The van der Waals surface area contributed by atoms with Crippen LogP contribution in [0.1, 0.15) is 16.7 Å². The van der Waals surface area contributed by atoms with Crippen LogP contribution >= 0.6 is 0 Å². The van der Waals surface area contributed by atoms with Crippen molar-refractivity contribution in [2.45, 2.75) is 6.42 Å². The molecule has 0 bridgehead atoms. The van der Waals surface area contributed by atoms with Crippen LogP contribution in [0.25, 0.3) is 33.2 Å². The molecule has 5 rings (SSSR count). The topological polar surface area (TPSA) is 0 Å². The molecule has 1 aliphatic carbocycles. The molecule has 0 amide bonds. The van der Waals surface area contributed by atoms with Gasteiger partial charge < -0.3 is 0 Å². The van der Waals surface area contributed by atoms with Gasteiger partial charge in [0.1, 0.15) is 0 Å². The molecule has 0 heteroatoms. The Morgan fingerprint density at radius 2 is 1.35 bits per heavy atom. The molecule has 0 saturated carbocycles. The molecular weight excluding hydrogens is 276 g/mol. The first kappa shape index (κ1) is 12.7. The molecule has 1 aliphatic rings. The van der Waals surface area contributed by atoms with E-state index in [9.17, 15) is 0 Å². The molecule has 0 nitrogen and oxygen atoms in total. The van der Waals surface area contributed by atoms with Gasteiger partial charge in [-0.05, 0) is 50.2 Å². The summed E-state index contributed by atoms with van der Waals surface area (Å²) in [7, 11) is 0. The molecule has 108 valence electrons. The number of rotatable bonds is 1. The molecule has 0 aliphatic heterocycles. The molecule has 0 radical (unpaired) electrons. The summed E-state index contributed by atoms with van der Waals surface area (Å²) in [6, 6.07) is 28.5. The van der Waals surface area contributed by atoms with Crippen molar-refractivity contribution >= 4 is 33.2 Å². The minimum absolute atomic E-state index is 1.00. The lowest BCUT2D eigenvalue weighted by Gasteiger charge is -2.19. The zero-order valence-electron chi connectivity index (χ0n) is 12.8. The maximum atomic E-state index is 2.37. The number of hydrogen-bond acceptors (Lipinski definition) is 0. The molecule has 0 aromatic heterocycles.